The second-order valence-corrected chi connectivity index (χ2v) is 6.03. The Hall–Kier alpha value is 0.177. The maximum atomic E-state index is 8.58. The molecule has 0 rings (SSSR count). The average Bonchev–Trinajstić information content (AvgIpc) is 2.16. The molecule has 1 nitrogen and oxygen atoms in total. The van der Waals surface area contributed by atoms with Crippen molar-refractivity contribution in [2.45, 2.75) is 64.0 Å². The Morgan fingerprint density at radius 1 is 0.846 bits per heavy atom. The highest BCUT2D eigenvalue weighted by Gasteiger charge is 1.91. The van der Waals surface area contributed by atoms with E-state index >= 15 is 0 Å². The maximum Gasteiger partial charge on any atom is 0.0431 e. The molecule has 1 N–H and O–H groups in total. The van der Waals surface area contributed by atoms with Crippen molar-refractivity contribution in [3.05, 3.63) is 0 Å². The first-order valence-electron chi connectivity index (χ1n) is 6.02. The Balaban J connectivity index is 2.76. The molecule has 0 atom stereocenters. The summed E-state index contributed by atoms with van der Waals surface area (Å²) in [5.41, 5.74) is 0. The third kappa shape index (κ3) is 12.2. The van der Waals surface area contributed by atoms with Gasteiger partial charge in [0.15, 0.2) is 0 Å². The lowest BCUT2D eigenvalue weighted by atomic mass is 10.2. The van der Waals surface area contributed by atoms with Crippen molar-refractivity contribution in [1.82, 2.24) is 0 Å². The normalized spacial score (nSPS) is 11.5. The summed E-state index contributed by atoms with van der Waals surface area (Å²) < 4.78 is 0. The summed E-state index contributed by atoms with van der Waals surface area (Å²) in [5.74, 6) is 0. The topological polar surface area (TPSA) is 20.2 Å². The van der Waals surface area contributed by atoms with Gasteiger partial charge in [-0.05, 0) is 6.42 Å². The van der Waals surface area contributed by atoms with Crippen molar-refractivity contribution in [3.63, 3.8) is 0 Å². The van der Waals surface area contributed by atoms with Gasteiger partial charge < -0.3 is 5.11 Å². The predicted octanol–water partition coefficient (Wildman–Crippen LogP) is 2.73. The summed E-state index contributed by atoms with van der Waals surface area (Å²) in [4.78, 5) is 0. The molecule has 0 aromatic heterocycles. The molecule has 0 amide bonds. The third-order valence-electron chi connectivity index (χ3n) is 2.51. The van der Waals surface area contributed by atoms with Crippen LogP contribution in [0.1, 0.15) is 51.9 Å². The van der Waals surface area contributed by atoms with E-state index in [1.165, 1.54) is 44.6 Å². The van der Waals surface area contributed by atoms with E-state index in [1.807, 2.05) is 0 Å². The van der Waals surface area contributed by atoms with Gasteiger partial charge in [-0.2, -0.15) is 0 Å². The molecule has 0 aliphatic carbocycles. The number of unbranched alkanes of at least 4 members (excludes halogenated alkanes) is 5. The Morgan fingerprint density at radius 2 is 1.46 bits per heavy atom. The molecule has 0 fully saturated rings. The fourth-order valence-electron chi connectivity index (χ4n) is 1.60. The van der Waals surface area contributed by atoms with Crippen molar-refractivity contribution in [1.29, 1.82) is 0 Å². The smallest absolute Gasteiger partial charge is 0.0431 e. The molecule has 0 aromatic rings. The van der Waals surface area contributed by atoms with Crippen molar-refractivity contribution in [3.8, 4) is 0 Å². The zero-order valence-electron chi connectivity index (χ0n) is 9.23. The SMILES string of the molecule is CCCCCC[SiH2]CCCCCO. The molecule has 2 heteroatoms. The van der Waals surface area contributed by atoms with Crippen LogP contribution in [0.5, 0.6) is 0 Å². The molecule has 80 valence electrons. The Labute approximate surface area is 85.8 Å². The molecule has 0 aromatic carbocycles. The molecular weight excluding hydrogens is 176 g/mol. The van der Waals surface area contributed by atoms with E-state index in [-0.39, 0.29) is 9.52 Å². The van der Waals surface area contributed by atoms with Crippen LogP contribution >= 0.6 is 0 Å². The number of aliphatic hydroxyl groups excluding tert-OH is 1. The lowest BCUT2D eigenvalue weighted by Crippen LogP contribution is -1.90. The highest BCUT2D eigenvalue weighted by atomic mass is 28.2. The quantitative estimate of drug-likeness (QED) is 0.427. The standard InChI is InChI=1S/C11H26OSi/c1-2-3-4-7-10-13-11-8-5-6-9-12/h12H,2-11,13H2,1H3. The summed E-state index contributed by atoms with van der Waals surface area (Å²) in [6.07, 6.45) is 9.38. The summed E-state index contributed by atoms with van der Waals surface area (Å²) in [7, 11) is 0.274. The molecule has 0 saturated heterocycles. The highest BCUT2D eigenvalue weighted by molar-refractivity contribution is 6.35. The van der Waals surface area contributed by atoms with E-state index in [4.69, 9.17) is 5.11 Å². The van der Waals surface area contributed by atoms with Crippen LogP contribution in [-0.2, 0) is 0 Å². The zero-order chi connectivity index (χ0) is 9.78. The largest absolute Gasteiger partial charge is 0.396 e. The van der Waals surface area contributed by atoms with Gasteiger partial charge >= 0.3 is 0 Å². The molecule has 0 spiro atoms. The fraction of sp³-hybridized carbons (Fsp3) is 1.00. The van der Waals surface area contributed by atoms with Crippen molar-refractivity contribution in [2.24, 2.45) is 0 Å². The van der Waals surface area contributed by atoms with Gasteiger partial charge in [0.1, 0.15) is 0 Å². The Bertz CT molecular complexity index is 76.2. The molecular formula is C11H26OSi. The van der Waals surface area contributed by atoms with E-state index in [9.17, 15) is 0 Å². The van der Waals surface area contributed by atoms with E-state index in [2.05, 4.69) is 6.92 Å². The predicted molar refractivity (Wildman–Crippen MR) is 63.2 cm³/mol. The van der Waals surface area contributed by atoms with Gasteiger partial charge in [-0.3, -0.25) is 0 Å². The van der Waals surface area contributed by atoms with E-state index in [1.54, 1.807) is 6.04 Å². The second kappa shape index (κ2) is 12.2. The van der Waals surface area contributed by atoms with Crippen LogP contribution in [0.2, 0.25) is 12.1 Å². The van der Waals surface area contributed by atoms with E-state index in [0.717, 1.165) is 6.42 Å². The minimum Gasteiger partial charge on any atom is -0.396 e. The van der Waals surface area contributed by atoms with Crippen LogP contribution in [0.25, 0.3) is 0 Å². The minimum atomic E-state index is 0.274. The van der Waals surface area contributed by atoms with Crippen LogP contribution in [0.15, 0.2) is 0 Å². The van der Waals surface area contributed by atoms with Gasteiger partial charge in [0.25, 0.3) is 0 Å². The first-order chi connectivity index (χ1) is 6.41. The molecule has 0 bridgehead atoms. The van der Waals surface area contributed by atoms with Gasteiger partial charge in [0.05, 0.1) is 0 Å². The van der Waals surface area contributed by atoms with E-state index in [0.29, 0.717) is 6.61 Å². The molecule has 0 aliphatic heterocycles. The van der Waals surface area contributed by atoms with Gasteiger partial charge in [0.2, 0.25) is 0 Å². The molecule has 0 radical (unpaired) electrons. The lowest BCUT2D eigenvalue weighted by molar-refractivity contribution is 0.284. The number of hydrogen-bond acceptors (Lipinski definition) is 1. The van der Waals surface area contributed by atoms with Crippen molar-refractivity contribution >= 4 is 9.52 Å². The van der Waals surface area contributed by atoms with Gasteiger partial charge in [-0.15, -0.1) is 0 Å². The van der Waals surface area contributed by atoms with Crippen LogP contribution in [-0.4, -0.2) is 21.2 Å². The molecule has 0 heterocycles. The monoisotopic (exact) mass is 202 g/mol. The van der Waals surface area contributed by atoms with Gasteiger partial charge in [-0.25, -0.2) is 0 Å². The average molecular weight is 202 g/mol. The van der Waals surface area contributed by atoms with Crippen LogP contribution in [0.3, 0.4) is 0 Å². The van der Waals surface area contributed by atoms with Crippen molar-refractivity contribution in [2.75, 3.05) is 6.61 Å². The third-order valence-corrected chi connectivity index (χ3v) is 4.51. The summed E-state index contributed by atoms with van der Waals surface area (Å²) in [6, 6.07) is 3.06. The fourth-order valence-corrected chi connectivity index (χ4v) is 3.37. The number of aliphatic hydroxyl groups is 1. The zero-order valence-corrected chi connectivity index (χ0v) is 10.6. The van der Waals surface area contributed by atoms with Gasteiger partial charge in [-0.1, -0.05) is 57.5 Å². The van der Waals surface area contributed by atoms with Crippen molar-refractivity contribution < 1.29 is 5.11 Å². The first kappa shape index (κ1) is 13.2. The highest BCUT2D eigenvalue weighted by Crippen LogP contribution is 2.05. The van der Waals surface area contributed by atoms with Crippen LogP contribution in [0.4, 0.5) is 0 Å². The van der Waals surface area contributed by atoms with Crippen LogP contribution < -0.4 is 0 Å². The van der Waals surface area contributed by atoms with Gasteiger partial charge in [0, 0.05) is 16.1 Å². The number of hydrogen-bond donors (Lipinski definition) is 1. The second-order valence-electron chi connectivity index (χ2n) is 3.91. The summed E-state index contributed by atoms with van der Waals surface area (Å²) in [5, 5.41) is 8.58. The molecule has 0 saturated carbocycles. The van der Waals surface area contributed by atoms with E-state index < -0.39 is 0 Å². The number of rotatable bonds is 10. The lowest BCUT2D eigenvalue weighted by Gasteiger charge is -1.99. The minimum absolute atomic E-state index is 0.274. The Kier molecular flexibility index (Phi) is 12.3. The molecule has 13 heavy (non-hydrogen) atoms. The summed E-state index contributed by atoms with van der Waals surface area (Å²) in [6.45, 7) is 2.66. The maximum absolute atomic E-state index is 8.58. The molecule has 0 unspecified atom stereocenters. The molecule has 0 aliphatic rings. The van der Waals surface area contributed by atoms with Crippen LogP contribution in [0, 0.1) is 0 Å². The first-order valence-corrected chi connectivity index (χ1v) is 8.02. The Morgan fingerprint density at radius 3 is 2.00 bits per heavy atom. The summed E-state index contributed by atoms with van der Waals surface area (Å²) >= 11 is 0.